The fourth-order valence-corrected chi connectivity index (χ4v) is 10.1. The van der Waals surface area contributed by atoms with Crippen molar-refractivity contribution in [2.45, 2.75) is 0 Å². The van der Waals surface area contributed by atoms with Gasteiger partial charge in [0.05, 0.1) is 34.2 Å². The van der Waals surface area contributed by atoms with Gasteiger partial charge in [-0.3, -0.25) is 0 Å². The normalized spacial score (nSPS) is 11.3. The predicted octanol–water partition coefficient (Wildman–Crippen LogP) is 18.3. The number of fused-ring (bicyclic) bond motifs is 3. The Balaban J connectivity index is 1.08. The zero-order valence-electron chi connectivity index (χ0n) is 39.3. The molecule has 3 heterocycles. The average molecular weight is 916 g/mol. The van der Waals surface area contributed by atoms with Gasteiger partial charge in [-0.2, -0.15) is 0 Å². The Hall–Kier alpha value is -9.57. The lowest BCUT2D eigenvalue weighted by Gasteiger charge is -2.17. The van der Waals surface area contributed by atoms with E-state index in [1.807, 2.05) is 0 Å². The van der Waals surface area contributed by atoms with Crippen LogP contribution in [0.5, 0.6) is 0 Å². The van der Waals surface area contributed by atoms with Crippen molar-refractivity contribution >= 4 is 32.3 Å². The van der Waals surface area contributed by atoms with E-state index in [1.54, 1.807) is 0 Å². The molecule has 72 heavy (non-hydrogen) atoms. The van der Waals surface area contributed by atoms with E-state index in [4.69, 9.17) is 15.0 Å². The van der Waals surface area contributed by atoms with Gasteiger partial charge in [0, 0.05) is 33.4 Å². The molecule has 13 rings (SSSR count). The molecule has 0 aliphatic rings. The van der Waals surface area contributed by atoms with Gasteiger partial charge in [-0.15, -0.1) is 0 Å². The molecule has 0 fully saturated rings. The maximum Gasteiger partial charge on any atom is 0.0721 e. The number of aromatic nitrogens is 3. The molecule has 0 N–H and O–H groups in total. The lowest BCUT2D eigenvalue weighted by molar-refractivity contribution is 1.32. The highest BCUT2D eigenvalue weighted by Gasteiger charge is 2.18. The first-order valence-corrected chi connectivity index (χ1v) is 24.5. The highest BCUT2D eigenvalue weighted by atomic mass is 14.7. The molecule has 0 amide bonds. The van der Waals surface area contributed by atoms with E-state index in [-0.39, 0.29) is 0 Å². The molecule has 10 aromatic carbocycles. The summed E-state index contributed by atoms with van der Waals surface area (Å²) in [6, 6.07) is 97.5. The Bertz CT molecular complexity index is 3960. The summed E-state index contributed by atoms with van der Waals surface area (Å²) in [5.41, 5.74) is 18.2. The molecule has 0 aliphatic carbocycles. The maximum atomic E-state index is 5.42. The predicted molar refractivity (Wildman–Crippen MR) is 301 cm³/mol. The van der Waals surface area contributed by atoms with Crippen LogP contribution in [0.15, 0.2) is 273 Å². The van der Waals surface area contributed by atoms with Crippen molar-refractivity contribution in [1.29, 1.82) is 0 Å². The topological polar surface area (TPSA) is 38.7 Å². The van der Waals surface area contributed by atoms with Crippen molar-refractivity contribution in [1.82, 2.24) is 15.0 Å². The van der Waals surface area contributed by atoms with Gasteiger partial charge in [0.1, 0.15) is 0 Å². The van der Waals surface area contributed by atoms with Crippen LogP contribution < -0.4 is 0 Å². The van der Waals surface area contributed by atoms with E-state index in [9.17, 15) is 0 Å². The zero-order valence-corrected chi connectivity index (χ0v) is 39.3. The van der Waals surface area contributed by atoms with Crippen LogP contribution in [-0.2, 0) is 0 Å². The SMILES string of the molecule is c1ccc(-c2cc(-c3cc(-c4cc(-c5ccccc5)nc(-c5ccc6ccccc6c5)c4)cc(-c4cc(-c5ccccc5)nc(-c5cccc6ccccc56)c4)c3)cc(-c3ccc4ccccc4c3)n2)cc1. The van der Waals surface area contributed by atoms with Crippen LogP contribution in [0, 0.1) is 0 Å². The molecule has 0 atom stereocenters. The highest BCUT2D eigenvalue weighted by molar-refractivity contribution is 5.98. The van der Waals surface area contributed by atoms with Crippen LogP contribution in [0.4, 0.5) is 0 Å². The fourth-order valence-electron chi connectivity index (χ4n) is 10.1. The van der Waals surface area contributed by atoms with Gasteiger partial charge >= 0.3 is 0 Å². The fraction of sp³-hybridized carbons (Fsp3) is 0. The molecule has 3 nitrogen and oxygen atoms in total. The second-order valence-corrected chi connectivity index (χ2v) is 18.4. The minimum Gasteiger partial charge on any atom is -0.248 e. The van der Waals surface area contributed by atoms with Crippen LogP contribution >= 0.6 is 0 Å². The maximum absolute atomic E-state index is 5.42. The average Bonchev–Trinajstić information content (AvgIpc) is 3.47. The van der Waals surface area contributed by atoms with Crippen LogP contribution in [0.2, 0.25) is 0 Å². The van der Waals surface area contributed by atoms with Gasteiger partial charge in [0.25, 0.3) is 0 Å². The molecule has 0 saturated carbocycles. The molecule has 0 bridgehead atoms. The molecule has 336 valence electrons. The Morgan fingerprint density at radius 2 is 0.486 bits per heavy atom. The third kappa shape index (κ3) is 8.40. The van der Waals surface area contributed by atoms with Gasteiger partial charge in [-0.25, -0.2) is 15.0 Å². The summed E-state index contributed by atoms with van der Waals surface area (Å²) in [6.45, 7) is 0. The first-order valence-electron chi connectivity index (χ1n) is 24.5. The van der Waals surface area contributed by atoms with Crippen molar-refractivity contribution in [3.05, 3.63) is 273 Å². The van der Waals surface area contributed by atoms with Gasteiger partial charge in [-0.05, 0) is 132 Å². The third-order valence-corrected chi connectivity index (χ3v) is 13.8. The Kier molecular flexibility index (Phi) is 10.9. The lowest BCUT2D eigenvalue weighted by atomic mass is 9.90. The van der Waals surface area contributed by atoms with Gasteiger partial charge < -0.3 is 0 Å². The van der Waals surface area contributed by atoms with Crippen LogP contribution in [0.1, 0.15) is 0 Å². The smallest absolute Gasteiger partial charge is 0.0721 e. The second-order valence-electron chi connectivity index (χ2n) is 18.4. The van der Waals surface area contributed by atoms with Crippen LogP contribution in [0.3, 0.4) is 0 Å². The van der Waals surface area contributed by atoms with Crippen molar-refractivity contribution in [2.24, 2.45) is 0 Å². The summed E-state index contributed by atoms with van der Waals surface area (Å²) >= 11 is 0. The standard InChI is InChI=1S/C69H45N3/c1-4-20-49(21-5-1)64-40-59(43-67(70-64)54-33-31-46-17-10-12-26-52(46)35-54)56-37-57(60-41-65(50-22-6-2-7-23-50)71-68(44-60)55-34-32-47-18-11-13-27-53(47)36-55)39-58(38-56)61-42-66(51-24-8-3-9-25-51)72-69(45-61)63-30-16-28-48-19-14-15-29-62(48)63/h1-45H. The minimum atomic E-state index is 0.908. The highest BCUT2D eigenvalue weighted by Crippen LogP contribution is 2.41. The van der Waals surface area contributed by atoms with Crippen molar-refractivity contribution in [3.63, 3.8) is 0 Å². The van der Waals surface area contributed by atoms with Gasteiger partial charge in [-0.1, -0.05) is 206 Å². The molecule has 0 aliphatic heterocycles. The zero-order chi connectivity index (χ0) is 47.8. The van der Waals surface area contributed by atoms with E-state index in [0.717, 1.165) is 106 Å². The minimum absolute atomic E-state index is 0.908. The van der Waals surface area contributed by atoms with Gasteiger partial charge in [0.15, 0.2) is 0 Å². The largest absolute Gasteiger partial charge is 0.248 e. The van der Waals surface area contributed by atoms with Crippen molar-refractivity contribution < 1.29 is 0 Å². The molecule has 0 saturated heterocycles. The first kappa shape index (κ1) is 42.5. The Labute approximate surface area is 419 Å². The Morgan fingerprint density at radius 1 is 0.167 bits per heavy atom. The quantitative estimate of drug-likeness (QED) is 0.145. The third-order valence-electron chi connectivity index (χ3n) is 13.8. The van der Waals surface area contributed by atoms with E-state index in [1.165, 1.54) is 26.9 Å². The number of nitrogens with zero attached hydrogens (tertiary/aromatic N) is 3. The number of pyridine rings is 3. The summed E-state index contributed by atoms with van der Waals surface area (Å²) < 4.78 is 0. The molecule has 13 aromatic rings. The van der Waals surface area contributed by atoms with Crippen LogP contribution in [0.25, 0.3) is 133 Å². The van der Waals surface area contributed by atoms with Crippen molar-refractivity contribution in [3.8, 4) is 101 Å². The Morgan fingerprint density at radius 3 is 0.931 bits per heavy atom. The molecular weight excluding hydrogens is 871 g/mol. The van der Waals surface area contributed by atoms with E-state index in [0.29, 0.717) is 0 Å². The first-order chi connectivity index (χ1) is 35.6. The van der Waals surface area contributed by atoms with E-state index < -0.39 is 0 Å². The summed E-state index contributed by atoms with van der Waals surface area (Å²) in [4.78, 5) is 16.2. The van der Waals surface area contributed by atoms with Crippen molar-refractivity contribution in [2.75, 3.05) is 0 Å². The van der Waals surface area contributed by atoms with Crippen LogP contribution in [-0.4, -0.2) is 15.0 Å². The molecule has 0 radical (unpaired) electrons. The second kappa shape index (κ2) is 18.4. The summed E-state index contributed by atoms with van der Waals surface area (Å²) in [6.07, 6.45) is 0. The molecular formula is C69H45N3. The van der Waals surface area contributed by atoms with Gasteiger partial charge in [0.2, 0.25) is 0 Å². The number of hydrogen-bond acceptors (Lipinski definition) is 3. The summed E-state index contributed by atoms with van der Waals surface area (Å²) in [5, 5.41) is 7.09. The number of benzene rings is 10. The summed E-state index contributed by atoms with van der Waals surface area (Å²) in [5.74, 6) is 0. The molecule has 3 heteroatoms. The monoisotopic (exact) mass is 915 g/mol. The molecule has 3 aromatic heterocycles. The lowest BCUT2D eigenvalue weighted by Crippen LogP contribution is -1.95. The van der Waals surface area contributed by atoms with E-state index in [2.05, 4.69) is 273 Å². The number of hydrogen-bond donors (Lipinski definition) is 0. The molecule has 0 unspecified atom stereocenters. The summed E-state index contributed by atoms with van der Waals surface area (Å²) in [7, 11) is 0. The number of rotatable bonds is 9. The molecule has 0 spiro atoms. The van der Waals surface area contributed by atoms with E-state index >= 15 is 0 Å².